The van der Waals surface area contributed by atoms with Gasteiger partial charge in [-0.2, -0.15) is 0 Å². The zero-order valence-electron chi connectivity index (χ0n) is 23.5. The maximum atomic E-state index is 13.3. The molecule has 214 valence electrons. The van der Waals surface area contributed by atoms with Crippen LogP contribution in [-0.4, -0.2) is 54.8 Å². The molecule has 0 saturated carbocycles. The molecule has 0 radical (unpaired) electrons. The molecule has 1 saturated heterocycles. The van der Waals surface area contributed by atoms with Crippen molar-refractivity contribution in [3.63, 3.8) is 0 Å². The highest BCUT2D eigenvalue weighted by Crippen LogP contribution is 2.15. The van der Waals surface area contributed by atoms with E-state index >= 15 is 0 Å². The fraction of sp³-hybridized carbons (Fsp3) is 0.857. The smallest absolute Gasteiger partial charge is 0.243 e. The molecular weight excluding hydrogens is 470 g/mol. The summed E-state index contributed by atoms with van der Waals surface area (Å²) in [5.74, 6) is -1.46. The molecule has 0 aliphatic carbocycles. The largest absolute Gasteiger partial charge is 0.351 e. The molecule has 4 amide bonds. The first kappa shape index (κ1) is 32.9. The summed E-state index contributed by atoms with van der Waals surface area (Å²) in [4.78, 5) is 51.5. The van der Waals surface area contributed by atoms with Crippen molar-refractivity contribution < 1.29 is 19.2 Å². The summed E-state index contributed by atoms with van der Waals surface area (Å²) in [6.45, 7) is 6.41. The first-order valence-electron chi connectivity index (χ1n) is 14.7. The van der Waals surface area contributed by atoms with E-state index in [2.05, 4.69) is 28.2 Å². The lowest BCUT2D eigenvalue weighted by atomic mass is 9.96. The molecule has 0 unspecified atom stereocenters. The molecule has 1 fully saturated rings. The van der Waals surface area contributed by atoms with Crippen molar-refractivity contribution in [3.05, 3.63) is 0 Å². The van der Waals surface area contributed by atoms with Crippen LogP contribution >= 0.6 is 0 Å². The standard InChI is InChI=1S/C28H53N5O4/c1-4-6-7-8-9-10-11-12-13-16-22-19-24(34)30-20-25(35)32-23(17-14-15-18-29)27(36)33-26(21(3)5-2)28(37)31-22/h21-23,26H,4-20,29H2,1-3H3,(H,30,34)(H,31,37)(H,32,35)(H,33,36)/t21-,22+,23-,26-/m0/s1. The number of unbranched alkanes of at least 4 members (excludes halogenated alkanes) is 9. The number of nitrogens with one attached hydrogen (secondary N) is 4. The maximum Gasteiger partial charge on any atom is 0.243 e. The first-order valence-corrected chi connectivity index (χ1v) is 14.7. The van der Waals surface area contributed by atoms with Crippen molar-refractivity contribution in [2.45, 2.75) is 135 Å². The van der Waals surface area contributed by atoms with Crippen LogP contribution in [-0.2, 0) is 19.2 Å². The van der Waals surface area contributed by atoms with Gasteiger partial charge in [-0.1, -0.05) is 85.0 Å². The number of amides is 4. The molecule has 4 atom stereocenters. The zero-order chi connectivity index (χ0) is 27.5. The van der Waals surface area contributed by atoms with Gasteiger partial charge in [0.15, 0.2) is 0 Å². The van der Waals surface area contributed by atoms with Crippen LogP contribution in [0.1, 0.15) is 117 Å². The number of hydrogen-bond donors (Lipinski definition) is 5. The minimum atomic E-state index is -0.783. The van der Waals surface area contributed by atoms with Crippen molar-refractivity contribution in [2.75, 3.05) is 13.1 Å². The predicted octanol–water partition coefficient (Wildman–Crippen LogP) is 3.06. The molecule has 1 aliphatic rings. The van der Waals surface area contributed by atoms with Crippen LogP contribution in [0, 0.1) is 5.92 Å². The summed E-state index contributed by atoms with van der Waals surface area (Å²) in [7, 11) is 0. The number of rotatable bonds is 16. The molecule has 1 heterocycles. The Kier molecular flexibility index (Phi) is 17.7. The second-order valence-electron chi connectivity index (χ2n) is 10.6. The third kappa shape index (κ3) is 14.4. The Labute approximate surface area is 224 Å². The van der Waals surface area contributed by atoms with Crippen LogP contribution in [0.2, 0.25) is 0 Å². The molecule has 0 aromatic rings. The van der Waals surface area contributed by atoms with Gasteiger partial charge in [-0.3, -0.25) is 19.2 Å². The Bertz CT molecular complexity index is 687. The quantitative estimate of drug-likeness (QED) is 0.198. The average Bonchev–Trinajstić information content (AvgIpc) is 2.88. The van der Waals surface area contributed by atoms with E-state index in [0.29, 0.717) is 32.2 Å². The Morgan fingerprint density at radius 3 is 2.00 bits per heavy atom. The second-order valence-corrected chi connectivity index (χ2v) is 10.6. The summed E-state index contributed by atoms with van der Waals surface area (Å²) in [6, 6.07) is -1.86. The lowest BCUT2D eigenvalue weighted by molar-refractivity contribution is -0.133. The van der Waals surface area contributed by atoms with Gasteiger partial charge in [0.05, 0.1) is 6.54 Å². The summed E-state index contributed by atoms with van der Waals surface area (Å²) in [5, 5.41) is 11.3. The Balaban J connectivity index is 2.83. The van der Waals surface area contributed by atoms with Gasteiger partial charge in [0, 0.05) is 12.5 Å². The van der Waals surface area contributed by atoms with E-state index in [0.717, 1.165) is 25.7 Å². The molecule has 6 N–H and O–H groups in total. The fourth-order valence-electron chi connectivity index (χ4n) is 4.66. The van der Waals surface area contributed by atoms with Crippen molar-refractivity contribution in [1.82, 2.24) is 21.3 Å². The Morgan fingerprint density at radius 1 is 0.757 bits per heavy atom. The number of nitrogens with two attached hydrogens (primary N) is 1. The molecule has 0 spiro atoms. The molecule has 1 rings (SSSR count). The van der Waals surface area contributed by atoms with E-state index in [1.54, 1.807) is 0 Å². The van der Waals surface area contributed by atoms with Gasteiger partial charge in [-0.05, 0) is 38.1 Å². The van der Waals surface area contributed by atoms with E-state index in [1.807, 2.05) is 13.8 Å². The Morgan fingerprint density at radius 2 is 1.38 bits per heavy atom. The van der Waals surface area contributed by atoms with Crippen molar-refractivity contribution in [3.8, 4) is 0 Å². The third-order valence-corrected chi connectivity index (χ3v) is 7.27. The summed E-state index contributed by atoms with van der Waals surface area (Å²) in [6.07, 6.45) is 14.0. The van der Waals surface area contributed by atoms with Crippen molar-refractivity contribution in [2.24, 2.45) is 11.7 Å². The van der Waals surface area contributed by atoms with Crippen LogP contribution in [0.3, 0.4) is 0 Å². The topological polar surface area (TPSA) is 142 Å². The van der Waals surface area contributed by atoms with E-state index in [1.165, 1.54) is 38.5 Å². The molecule has 0 aromatic heterocycles. The lowest BCUT2D eigenvalue weighted by Crippen LogP contribution is -2.57. The van der Waals surface area contributed by atoms with Gasteiger partial charge in [0.25, 0.3) is 0 Å². The number of carbonyl (C=O) groups is 4. The van der Waals surface area contributed by atoms with Crippen LogP contribution in [0.5, 0.6) is 0 Å². The second kappa shape index (κ2) is 19.9. The summed E-state index contributed by atoms with van der Waals surface area (Å²) in [5.41, 5.74) is 5.58. The minimum Gasteiger partial charge on any atom is -0.351 e. The Hall–Kier alpha value is -2.16. The maximum absolute atomic E-state index is 13.3. The molecule has 1 aliphatic heterocycles. The van der Waals surface area contributed by atoms with E-state index in [-0.39, 0.29) is 42.6 Å². The van der Waals surface area contributed by atoms with Gasteiger partial charge < -0.3 is 27.0 Å². The van der Waals surface area contributed by atoms with E-state index < -0.39 is 18.0 Å². The molecule has 9 nitrogen and oxygen atoms in total. The predicted molar refractivity (Wildman–Crippen MR) is 148 cm³/mol. The molecule has 0 bridgehead atoms. The van der Waals surface area contributed by atoms with E-state index in [9.17, 15) is 19.2 Å². The first-order chi connectivity index (χ1) is 17.8. The highest BCUT2D eigenvalue weighted by atomic mass is 16.2. The van der Waals surface area contributed by atoms with Gasteiger partial charge in [-0.25, -0.2) is 0 Å². The monoisotopic (exact) mass is 523 g/mol. The van der Waals surface area contributed by atoms with Crippen molar-refractivity contribution in [1.29, 1.82) is 0 Å². The minimum absolute atomic E-state index is 0.100. The van der Waals surface area contributed by atoms with Crippen LogP contribution in [0.25, 0.3) is 0 Å². The summed E-state index contributed by atoms with van der Waals surface area (Å²) >= 11 is 0. The lowest BCUT2D eigenvalue weighted by Gasteiger charge is -2.28. The average molecular weight is 524 g/mol. The van der Waals surface area contributed by atoms with Crippen LogP contribution < -0.4 is 27.0 Å². The molecule has 9 heteroatoms. The third-order valence-electron chi connectivity index (χ3n) is 7.27. The highest BCUT2D eigenvalue weighted by Gasteiger charge is 2.31. The molecule has 37 heavy (non-hydrogen) atoms. The van der Waals surface area contributed by atoms with Crippen LogP contribution in [0.4, 0.5) is 0 Å². The van der Waals surface area contributed by atoms with Crippen molar-refractivity contribution >= 4 is 23.6 Å². The number of hydrogen-bond acceptors (Lipinski definition) is 5. The van der Waals surface area contributed by atoms with Crippen LogP contribution in [0.15, 0.2) is 0 Å². The van der Waals surface area contributed by atoms with Gasteiger partial charge in [0.2, 0.25) is 23.6 Å². The van der Waals surface area contributed by atoms with Gasteiger partial charge in [0.1, 0.15) is 12.1 Å². The SMILES string of the molecule is CCCCCCCCCCC[C@@H]1CC(=O)NCC(=O)N[C@@H](CCCCN)C(=O)N[C@@H]([C@@H](C)CC)C(=O)N1. The normalized spacial score (nSPS) is 22.5. The van der Waals surface area contributed by atoms with E-state index in [4.69, 9.17) is 5.73 Å². The number of carbonyl (C=O) groups excluding carboxylic acids is 4. The zero-order valence-corrected chi connectivity index (χ0v) is 23.5. The highest BCUT2D eigenvalue weighted by molar-refractivity contribution is 5.94. The summed E-state index contributed by atoms with van der Waals surface area (Å²) < 4.78 is 0. The van der Waals surface area contributed by atoms with Gasteiger partial charge in [-0.15, -0.1) is 0 Å². The molecular formula is C28H53N5O4. The fourth-order valence-corrected chi connectivity index (χ4v) is 4.66. The molecule has 0 aromatic carbocycles. The van der Waals surface area contributed by atoms with Gasteiger partial charge >= 0.3 is 0 Å².